The smallest absolute Gasteiger partial charge is 0.211 e. The van der Waals surface area contributed by atoms with E-state index in [2.05, 4.69) is 50.2 Å². The summed E-state index contributed by atoms with van der Waals surface area (Å²) in [6.07, 6.45) is 1.55. The number of para-hydroxylation sites is 1. The first-order valence-corrected chi connectivity index (χ1v) is 5.70. The molecule has 0 aromatic heterocycles. The van der Waals surface area contributed by atoms with Crippen LogP contribution in [-0.4, -0.2) is 6.08 Å². The van der Waals surface area contributed by atoms with E-state index in [1.807, 2.05) is 24.3 Å². The third-order valence-corrected chi connectivity index (χ3v) is 2.68. The van der Waals surface area contributed by atoms with Gasteiger partial charge < -0.3 is 0 Å². The lowest BCUT2D eigenvalue weighted by Crippen LogP contribution is -1.79. The van der Waals surface area contributed by atoms with Crippen molar-refractivity contribution in [2.24, 2.45) is 4.99 Å². The zero-order valence-corrected chi connectivity index (χ0v) is 10.3. The van der Waals surface area contributed by atoms with Crippen LogP contribution in [0.1, 0.15) is 7.49 Å². The number of benzene rings is 1. The van der Waals surface area contributed by atoms with Gasteiger partial charge in [0.2, 0.25) is 6.08 Å². The first-order valence-electron chi connectivity index (χ1n) is 3.20. The summed E-state index contributed by atoms with van der Waals surface area (Å²) < 4.78 is 0.327. The number of nitrogens with zero attached hydrogens (tertiary/aromatic N) is 1. The highest BCUT2D eigenvalue weighted by Crippen LogP contribution is 2.36. The second kappa shape index (κ2) is 4.94. The van der Waals surface area contributed by atoms with Crippen LogP contribution in [0.15, 0.2) is 29.3 Å². The van der Waals surface area contributed by atoms with Crippen molar-refractivity contribution in [3.8, 4) is 0 Å². The van der Waals surface area contributed by atoms with Gasteiger partial charge in [-0.25, -0.2) is 4.79 Å². The molecular weight excluding hydrogens is 380 g/mol. The van der Waals surface area contributed by atoms with Gasteiger partial charge >= 0.3 is 0 Å². The van der Waals surface area contributed by atoms with E-state index < -0.39 is 0 Å². The first-order chi connectivity index (χ1) is 5.75. The minimum atomic E-state index is 0.327. The highest BCUT2D eigenvalue weighted by Gasteiger charge is 2.06. The summed E-state index contributed by atoms with van der Waals surface area (Å²) in [6, 6.07) is 7.56. The van der Waals surface area contributed by atoms with Crippen LogP contribution in [0, 0.1) is 0 Å². The van der Waals surface area contributed by atoms with Crippen LogP contribution in [0.5, 0.6) is 0 Å². The molecule has 2 nitrogen and oxygen atoms in total. The SMILES string of the molecule is O=C=Nc1ccccc1C(I)I. The molecule has 1 aromatic carbocycles. The fourth-order valence-electron chi connectivity index (χ4n) is 0.823. The van der Waals surface area contributed by atoms with Crippen LogP contribution in [0.2, 0.25) is 0 Å². The minimum Gasteiger partial charge on any atom is -0.211 e. The number of isocyanates is 1. The molecule has 0 aliphatic carbocycles. The summed E-state index contributed by atoms with van der Waals surface area (Å²) >= 11 is 4.54. The summed E-state index contributed by atoms with van der Waals surface area (Å²) in [5, 5.41) is 0. The Morgan fingerprint density at radius 1 is 1.33 bits per heavy atom. The number of halogens is 2. The first kappa shape index (κ1) is 10.1. The van der Waals surface area contributed by atoms with Crippen LogP contribution in [0.3, 0.4) is 0 Å². The molecule has 0 atom stereocenters. The number of hydrogen-bond acceptors (Lipinski definition) is 2. The van der Waals surface area contributed by atoms with Gasteiger partial charge in [-0.3, -0.25) is 0 Å². The maximum Gasteiger partial charge on any atom is 0.240 e. The van der Waals surface area contributed by atoms with Gasteiger partial charge in [0, 0.05) is 5.56 Å². The second-order valence-electron chi connectivity index (χ2n) is 2.06. The van der Waals surface area contributed by atoms with E-state index in [9.17, 15) is 4.79 Å². The topological polar surface area (TPSA) is 29.4 Å². The molecule has 0 fully saturated rings. The summed E-state index contributed by atoms with van der Waals surface area (Å²) in [4.78, 5) is 13.7. The van der Waals surface area contributed by atoms with Crippen molar-refractivity contribution in [1.29, 1.82) is 0 Å². The van der Waals surface area contributed by atoms with Crippen molar-refractivity contribution < 1.29 is 4.79 Å². The molecule has 62 valence electrons. The van der Waals surface area contributed by atoms with E-state index in [-0.39, 0.29) is 0 Å². The molecule has 0 saturated carbocycles. The molecule has 1 rings (SSSR count). The summed E-state index contributed by atoms with van der Waals surface area (Å²) in [6.45, 7) is 0. The van der Waals surface area contributed by atoms with Crippen LogP contribution < -0.4 is 0 Å². The standard InChI is InChI=1S/C8H5I2NO/c9-8(10)6-3-1-2-4-7(6)11-5-12/h1-4,8H. The highest BCUT2D eigenvalue weighted by molar-refractivity contribution is 14.2. The van der Waals surface area contributed by atoms with E-state index in [4.69, 9.17) is 0 Å². The van der Waals surface area contributed by atoms with E-state index in [0.29, 0.717) is 7.62 Å². The third-order valence-electron chi connectivity index (χ3n) is 1.34. The number of aliphatic imine (C=N–C) groups is 1. The zero-order valence-electron chi connectivity index (χ0n) is 6.00. The Labute approximate surface area is 97.7 Å². The molecule has 0 N–H and O–H groups in total. The molecule has 0 unspecified atom stereocenters. The number of alkyl halides is 2. The molecule has 4 heteroatoms. The van der Waals surface area contributed by atoms with Gasteiger partial charge in [0.1, 0.15) is 0 Å². The zero-order chi connectivity index (χ0) is 8.97. The molecule has 1 aromatic rings. The van der Waals surface area contributed by atoms with Gasteiger partial charge in [0.15, 0.2) is 0 Å². The minimum absolute atomic E-state index is 0.327. The Balaban J connectivity index is 3.17. The van der Waals surface area contributed by atoms with Crippen LogP contribution in [0.4, 0.5) is 5.69 Å². The molecule has 0 amide bonds. The highest BCUT2D eigenvalue weighted by atomic mass is 127. The van der Waals surface area contributed by atoms with Gasteiger partial charge in [-0.05, 0) is 6.07 Å². The number of rotatable bonds is 2. The molecule has 0 heterocycles. The lowest BCUT2D eigenvalue weighted by molar-refractivity contribution is 0.565. The third kappa shape index (κ3) is 2.53. The second-order valence-corrected chi connectivity index (χ2v) is 6.94. The predicted molar refractivity (Wildman–Crippen MR) is 65.0 cm³/mol. The Morgan fingerprint density at radius 2 is 2.00 bits per heavy atom. The summed E-state index contributed by atoms with van der Waals surface area (Å²) in [5.41, 5.74) is 1.77. The maximum absolute atomic E-state index is 10.1. The average molecular weight is 385 g/mol. The van der Waals surface area contributed by atoms with Gasteiger partial charge in [0.05, 0.1) is 7.62 Å². The van der Waals surface area contributed by atoms with Crippen molar-refractivity contribution in [3.63, 3.8) is 0 Å². The van der Waals surface area contributed by atoms with Crippen LogP contribution in [-0.2, 0) is 4.79 Å². The van der Waals surface area contributed by atoms with Gasteiger partial charge in [-0.2, -0.15) is 4.99 Å². The molecule has 0 saturated heterocycles. The maximum atomic E-state index is 10.1. The quantitative estimate of drug-likeness (QED) is 0.332. The fourth-order valence-corrected chi connectivity index (χ4v) is 1.88. The Morgan fingerprint density at radius 3 is 2.58 bits per heavy atom. The van der Waals surface area contributed by atoms with Crippen molar-refractivity contribution >= 4 is 56.9 Å². The van der Waals surface area contributed by atoms with E-state index in [1.165, 1.54) is 0 Å². The lowest BCUT2D eigenvalue weighted by atomic mass is 10.2. The number of hydrogen-bond donors (Lipinski definition) is 0. The fraction of sp³-hybridized carbons (Fsp3) is 0.125. The molecule has 0 spiro atoms. The molecule has 0 aliphatic rings. The van der Waals surface area contributed by atoms with Crippen molar-refractivity contribution in [1.82, 2.24) is 0 Å². The van der Waals surface area contributed by atoms with Gasteiger partial charge in [0.25, 0.3) is 0 Å². The van der Waals surface area contributed by atoms with Crippen LogP contribution in [0.25, 0.3) is 0 Å². The summed E-state index contributed by atoms with van der Waals surface area (Å²) in [7, 11) is 0. The van der Waals surface area contributed by atoms with E-state index >= 15 is 0 Å². The average Bonchev–Trinajstić information content (AvgIpc) is 2.05. The Hall–Kier alpha value is 0.0600. The molecule has 0 aliphatic heterocycles. The largest absolute Gasteiger partial charge is 0.240 e. The van der Waals surface area contributed by atoms with Crippen LogP contribution >= 0.6 is 45.2 Å². The number of carbonyl (C=O) groups excluding carboxylic acids is 1. The molecule has 0 bridgehead atoms. The monoisotopic (exact) mass is 385 g/mol. The predicted octanol–water partition coefficient (Wildman–Crippen LogP) is 3.52. The normalized spacial score (nSPS) is 9.58. The molecular formula is C8H5I2NO. The Bertz CT molecular complexity index is 319. The van der Waals surface area contributed by atoms with Crippen molar-refractivity contribution in [2.45, 2.75) is 1.93 Å². The Kier molecular flexibility index (Phi) is 4.17. The van der Waals surface area contributed by atoms with Crippen molar-refractivity contribution in [3.05, 3.63) is 29.8 Å². The summed E-state index contributed by atoms with van der Waals surface area (Å²) in [5.74, 6) is 0. The lowest BCUT2D eigenvalue weighted by Gasteiger charge is -2.03. The van der Waals surface area contributed by atoms with Gasteiger partial charge in [-0.15, -0.1) is 0 Å². The molecule has 12 heavy (non-hydrogen) atoms. The van der Waals surface area contributed by atoms with E-state index in [0.717, 1.165) is 5.56 Å². The van der Waals surface area contributed by atoms with Gasteiger partial charge in [-0.1, -0.05) is 63.4 Å². The molecule has 0 radical (unpaired) electrons. The van der Waals surface area contributed by atoms with Crippen molar-refractivity contribution in [2.75, 3.05) is 0 Å². The van der Waals surface area contributed by atoms with E-state index in [1.54, 1.807) is 6.08 Å².